The van der Waals surface area contributed by atoms with Gasteiger partial charge in [0.1, 0.15) is 5.75 Å². The van der Waals surface area contributed by atoms with Crippen LogP contribution in [0.15, 0.2) is 36.7 Å². The molecule has 2 rings (SSSR count). The SMILES string of the molecule is CCn1ccc(CNc2ccc(OC)cc2C)c1. The number of nitrogens with zero attached hydrogens (tertiary/aromatic N) is 1. The predicted octanol–water partition coefficient (Wildman–Crippen LogP) is 3.44. The van der Waals surface area contributed by atoms with Gasteiger partial charge in [-0.25, -0.2) is 0 Å². The number of aryl methyl sites for hydroxylation is 2. The van der Waals surface area contributed by atoms with E-state index in [4.69, 9.17) is 4.74 Å². The molecule has 0 radical (unpaired) electrons. The molecule has 0 saturated carbocycles. The Morgan fingerprint density at radius 3 is 2.72 bits per heavy atom. The fourth-order valence-electron chi connectivity index (χ4n) is 1.95. The molecule has 0 amide bonds. The molecule has 1 aromatic heterocycles. The summed E-state index contributed by atoms with van der Waals surface area (Å²) in [6, 6.07) is 8.23. The second-order valence-electron chi connectivity index (χ2n) is 4.38. The fourth-order valence-corrected chi connectivity index (χ4v) is 1.95. The van der Waals surface area contributed by atoms with Crippen molar-refractivity contribution in [3.63, 3.8) is 0 Å². The van der Waals surface area contributed by atoms with E-state index >= 15 is 0 Å². The third-order valence-electron chi connectivity index (χ3n) is 3.09. The lowest BCUT2D eigenvalue weighted by Crippen LogP contribution is -2.00. The second-order valence-corrected chi connectivity index (χ2v) is 4.38. The first kappa shape index (κ1) is 12.6. The van der Waals surface area contributed by atoms with Gasteiger partial charge in [-0.3, -0.25) is 0 Å². The van der Waals surface area contributed by atoms with Crippen LogP contribution >= 0.6 is 0 Å². The van der Waals surface area contributed by atoms with E-state index in [0.717, 1.165) is 24.5 Å². The molecule has 1 N–H and O–H groups in total. The number of rotatable bonds is 5. The van der Waals surface area contributed by atoms with Gasteiger partial charge in [0.05, 0.1) is 7.11 Å². The Hall–Kier alpha value is -1.90. The molecule has 0 bridgehead atoms. The molecule has 0 saturated heterocycles. The summed E-state index contributed by atoms with van der Waals surface area (Å²) in [7, 11) is 1.69. The zero-order chi connectivity index (χ0) is 13.0. The van der Waals surface area contributed by atoms with E-state index in [1.54, 1.807) is 7.11 Å². The third kappa shape index (κ3) is 2.86. The average molecular weight is 244 g/mol. The Kier molecular flexibility index (Phi) is 3.92. The summed E-state index contributed by atoms with van der Waals surface area (Å²) < 4.78 is 7.38. The predicted molar refractivity (Wildman–Crippen MR) is 75.2 cm³/mol. The molecular formula is C15H20N2O. The van der Waals surface area contributed by atoms with Gasteiger partial charge in [0.15, 0.2) is 0 Å². The third-order valence-corrected chi connectivity index (χ3v) is 3.09. The lowest BCUT2D eigenvalue weighted by molar-refractivity contribution is 0.414. The Bertz CT molecular complexity index is 517. The molecule has 0 aliphatic heterocycles. The molecule has 0 fully saturated rings. The summed E-state index contributed by atoms with van der Waals surface area (Å²) in [6.45, 7) is 6.09. The molecule has 0 aliphatic carbocycles. The number of hydrogen-bond acceptors (Lipinski definition) is 2. The van der Waals surface area contributed by atoms with Gasteiger partial charge in [-0.1, -0.05) is 0 Å². The van der Waals surface area contributed by atoms with Crippen molar-refractivity contribution < 1.29 is 4.74 Å². The Balaban J connectivity index is 2.01. The van der Waals surface area contributed by atoms with Gasteiger partial charge < -0.3 is 14.6 Å². The van der Waals surface area contributed by atoms with Crippen LogP contribution in [-0.4, -0.2) is 11.7 Å². The first-order valence-electron chi connectivity index (χ1n) is 6.26. The minimum atomic E-state index is 0.847. The quantitative estimate of drug-likeness (QED) is 0.872. The first-order chi connectivity index (χ1) is 8.72. The largest absolute Gasteiger partial charge is 0.497 e. The summed E-state index contributed by atoms with van der Waals surface area (Å²) in [4.78, 5) is 0. The van der Waals surface area contributed by atoms with Crippen molar-refractivity contribution in [3.8, 4) is 5.75 Å². The van der Waals surface area contributed by atoms with Crippen molar-refractivity contribution in [3.05, 3.63) is 47.8 Å². The number of anilines is 1. The highest BCUT2D eigenvalue weighted by atomic mass is 16.5. The summed E-state index contributed by atoms with van der Waals surface area (Å²) in [6.07, 6.45) is 4.28. The van der Waals surface area contributed by atoms with Gasteiger partial charge in [0.25, 0.3) is 0 Å². The van der Waals surface area contributed by atoms with Crippen LogP contribution in [0.25, 0.3) is 0 Å². The van der Waals surface area contributed by atoms with E-state index in [-0.39, 0.29) is 0 Å². The molecule has 1 aromatic carbocycles. The number of methoxy groups -OCH3 is 1. The van der Waals surface area contributed by atoms with Gasteiger partial charge in [0.2, 0.25) is 0 Å². The normalized spacial score (nSPS) is 10.4. The van der Waals surface area contributed by atoms with Gasteiger partial charge in [-0.05, 0) is 49.2 Å². The Morgan fingerprint density at radius 2 is 2.11 bits per heavy atom. The second kappa shape index (κ2) is 5.63. The monoisotopic (exact) mass is 244 g/mol. The van der Waals surface area contributed by atoms with Crippen LogP contribution in [0.3, 0.4) is 0 Å². The molecule has 0 aliphatic rings. The van der Waals surface area contributed by atoms with Crippen LogP contribution in [0.2, 0.25) is 0 Å². The van der Waals surface area contributed by atoms with Crippen molar-refractivity contribution in [1.82, 2.24) is 4.57 Å². The Labute approximate surface area is 108 Å². The van der Waals surface area contributed by atoms with E-state index in [0.29, 0.717) is 0 Å². The van der Waals surface area contributed by atoms with Crippen molar-refractivity contribution in [2.24, 2.45) is 0 Å². The molecule has 2 aromatic rings. The number of aromatic nitrogens is 1. The molecule has 3 heteroatoms. The number of benzene rings is 1. The molecule has 0 atom stereocenters. The lowest BCUT2D eigenvalue weighted by Gasteiger charge is -2.10. The molecule has 1 heterocycles. The lowest BCUT2D eigenvalue weighted by atomic mass is 10.2. The number of nitrogens with one attached hydrogen (secondary N) is 1. The highest BCUT2D eigenvalue weighted by molar-refractivity contribution is 5.53. The Morgan fingerprint density at radius 1 is 1.28 bits per heavy atom. The number of ether oxygens (including phenoxy) is 1. The van der Waals surface area contributed by atoms with Crippen molar-refractivity contribution in [2.45, 2.75) is 26.9 Å². The smallest absolute Gasteiger partial charge is 0.119 e. The highest BCUT2D eigenvalue weighted by Gasteiger charge is 2.01. The maximum Gasteiger partial charge on any atom is 0.119 e. The molecule has 0 unspecified atom stereocenters. The van der Waals surface area contributed by atoms with Crippen LogP contribution in [0.5, 0.6) is 5.75 Å². The summed E-state index contributed by atoms with van der Waals surface area (Å²) >= 11 is 0. The molecule has 18 heavy (non-hydrogen) atoms. The summed E-state index contributed by atoms with van der Waals surface area (Å²) in [5.74, 6) is 0.898. The van der Waals surface area contributed by atoms with E-state index in [9.17, 15) is 0 Å². The molecule has 3 nitrogen and oxygen atoms in total. The van der Waals surface area contributed by atoms with Crippen LogP contribution < -0.4 is 10.1 Å². The van der Waals surface area contributed by atoms with Gasteiger partial charge in [-0.2, -0.15) is 0 Å². The zero-order valence-electron chi connectivity index (χ0n) is 11.2. The molecule has 0 spiro atoms. The van der Waals surface area contributed by atoms with E-state index in [1.807, 2.05) is 12.1 Å². The van der Waals surface area contributed by atoms with Crippen LogP contribution in [0, 0.1) is 6.92 Å². The van der Waals surface area contributed by atoms with E-state index in [2.05, 4.69) is 48.3 Å². The van der Waals surface area contributed by atoms with Crippen molar-refractivity contribution in [1.29, 1.82) is 0 Å². The molecular weight excluding hydrogens is 224 g/mol. The summed E-state index contributed by atoms with van der Waals surface area (Å²) in [5.41, 5.74) is 3.65. The van der Waals surface area contributed by atoms with Crippen LogP contribution in [-0.2, 0) is 13.1 Å². The fraction of sp³-hybridized carbons (Fsp3) is 0.333. The maximum absolute atomic E-state index is 5.20. The molecule has 96 valence electrons. The van der Waals surface area contributed by atoms with Gasteiger partial charge in [0, 0.05) is 31.2 Å². The van der Waals surface area contributed by atoms with Crippen molar-refractivity contribution in [2.75, 3.05) is 12.4 Å². The standard InChI is InChI=1S/C15H20N2O/c1-4-17-8-7-13(11-17)10-16-15-6-5-14(18-3)9-12(15)2/h5-9,11,16H,4,10H2,1-3H3. The topological polar surface area (TPSA) is 26.2 Å². The van der Waals surface area contributed by atoms with Gasteiger partial charge in [-0.15, -0.1) is 0 Å². The maximum atomic E-state index is 5.20. The number of hydrogen-bond donors (Lipinski definition) is 1. The van der Waals surface area contributed by atoms with E-state index < -0.39 is 0 Å². The van der Waals surface area contributed by atoms with Crippen LogP contribution in [0.4, 0.5) is 5.69 Å². The summed E-state index contributed by atoms with van der Waals surface area (Å²) in [5, 5.41) is 3.45. The first-order valence-corrected chi connectivity index (χ1v) is 6.26. The minimum Gasteiger partial charge on any atom is -0.497 e. The average Bonchev–Trinajstić information content (AvgIpc) is 2.85. The zero-order valence-corrected chi connectivity index (χ0v) is 11.2. The van der Waals surface area contributed by atoms with Gasteiger partial charge >= 0.3 is 0 Å². The van der Waals surface area contributed by atoms with Crippen molar-refractivity contribution >= 4 is 5.69 Å². The highest BCUT2D eigenvalue weighted by Crippen LogP contribution is 2.21. The minimum absolute atomic E-state index is 0.847. The van der Waals surface area contributed by atoms with E-state index in [1.165, 1.54) is 11.1 Å². The van der Waals surface area contributed by atoms with Crippen LogP contribution in [0.1, 0.15) is 18.1 Å².